The summed E-state index contributed by atoms with van der Waals surface area (Å²) in [6.45, 7) is 4.00. The number of anilines is 1. The van der Waals surface area contributed by atoms with Crippen LogP contribution >= 0.6 is 0 Å². The third kappa shape index (κ3) is 3.07. The van der Waals surface area contributed by atoms with Crippen LogP contribution in [0.1, 0.15) is 11.1 Å². The standard InChI is InChI=1S/C17H18N4O2/c1-10-6-15(17-18-4-5-19-17)20-14-7-11(2)13(8-12(10)14)21-16(22)9-23-3/h4-8H,9H2,1-3H3,(H,18,19)(H,21,22). The Morgan fingerprint density at radius 3 is 2.78 bits per heavy atom. The summed E-state index contributed by atoms with van der Waals surface area (Å²) in [5.74, 6) is 0.567. The molecule has 0 fully saturated rings. The average Bonchev–Trinajstić information content (AvgIpc) is 3.03. The van der Waals surface area contributed by atoms with Crippen molar-refractivity contribution in [3.8, 4) is 11.5 Å². The van der Waals surface area contributed by atoms with Crippen molar-refractivity contribution in [1.82, 2.24) is 15.0 Å². The van der Waals surface area contributed by atoms with Gasteiger partial charge in [-0.05, 0) is 43.2 Å². The molecule has 0 spiro atoms. The van der Waals surface area contributed by atoms with Gasteiger partial charge in [-0.3, -0.25) is 4.79 Å². The van der Waals surface area contributed by atoms with E-state index in [1.807, 2.05) is 32.0 Å². The zero-order chi connectivity index (χ0) is 16.4. The van der Waals surface area contributed by atoms with Crippen LogP contribution in [-0.2, 0) is 9.53 Å². The summed E-state index contributed by atoms with van der Waals surface area (Å²) >= 11 is 0. The van der Waals surface area contributed by atoms with Gasteiger partial charge >= 0.3 is 0 Å². The normalized spacial score (nSPS) is 10.9. The van der Waals surface area contributed by atoms with Crippen LogP contribution in [-0.4, -0.2) is 34.6 Å². The van der Waals surface area contributed by atoms with Crippen LogP contribution < -0.4 is 5.32 Å². The van der Waals surface area contributed by atoms with Crippen LogP contribution in [0.5, 0.6) is 0 Å². The number of hydrogen-bond acceptors (Lipinski definition) is 4. The highest BCUT2D eigenvalue weighted by molar-refractivity contribution is 5.96. The van der Waals surface area contributed by atoms with Crippen LogP contribution in [0.15, 0.2) is 30.6 Å². The first-order valence-electron chi connectivity index (χ1n) is 7.29. The van der Waals surface area contributed by atoms with E-state index in [0.29, 0.717) is 0 Å². The molecule has 0 unspecified atom stereocenters. The molecule has 6 nitrogen and oxygen atoms in total. The molecule has 0 bridgehead atoms. The first-order chi connectivity index (χ1) is 11.1. The molecule has 6 heteroatoms. The van der Waals surface area contributed by atoms with Crippen molar-refractivity contribution in [2.24, 2.45) is 0 Å². The van der Waals surface area contributed by atoms with E-state index in [2.05, 4.69) is 20.3 Å². The molecule has 1 aromatic carbocycles. The van der Waals surface area contributed by atoms with E-state index in [1.54, 1.807) is 12.4 Å². The van der Waals surface area contributed by atoms with Crippen LogP contribution in [0.25, 0.3) is 22.4 Å². The highest BCUT2D eigenvalue weighted by Gasteiger charge is 2.11. The molecule has 0 atom stereocenters. The molecular weight excluding hydrogens is 292 g/mol. The minimum atomic E-state index is -0.173. The molecule has 0 aliphatic heterocycles. The van der Waals surface area contributed by atoms with Crippen molar-refractivity contribution in [2.45, 2.75) is 13.8 Å². The number of fused-ring (bicyclic) bond motifs is 1. The van der Waals surface area contributed by atoms with Crippen LogP contribution in [0.2, 0.25) is 0 Å². The third-order valence-corrected chi connectivity index (χ3v) is 3.65. The summed E-state index contributed by atoms with van der Waals surface area (Å²) in [5.41, 5.74) is 4.47. The number of aromatic nitrogens is 3. The van der Waals surface area contributed by atoms with E-state index in [9.17, 15) is 4.79 Å². The van der Waals surface area contributed by atoms with Crippen molar-refractivity contribution in [1.29, 1.82) is 0 Å². The number of methoxy groups -OCH3 is 1. The fourth-order valence-corrected chi connectivity index (χ4v) is 2.52. The summed E-state index contributed by atoms with van der Waals surface area (Å²) in [5, 5.41) is 3.86. The van der Waals surface area contributed by atoms with Gasteiger partial charge in [-0.2, -0.15) is 0 Å². The SMILES string of the molecule is COCC(=O)Nc1cc2c(C)cc(-c3ncc[nH]3)nc2cc1C. The summed E-state index contributed by atoms with van der Waals surface area (Å²) in [6.07, 6.45) is 3.48. The molecule has 3 aromatic rings. The predicted octanol–water partition coefficient (Wildman–Crippen LogP) is 2.83. The van der Waals surface area contributed by atoms with Gasteiger partial charge in [-0.15, -0.1) is 0 Å². The molecule has 2 N–H and O–H groups in total. The van der Waals surface area contributed by atoms with Gasteiger partial charge in [-0.1, -0.05) is 0 Å². The zero-order valence-corrected chi connectivity index (χ0v) is 13.3. The number of carbonyl (C=O) groups excluding carboxylic acids is 1. The first-order valence-corrected chi connectivity index (χ1v) is 7.29. The fraction of sp³-hybridized carbons (Fsp3) is 0.235. The number of pyridine rings is 1. The summed E-state index contributed by atoms with van der Waals surface area (Å²) in [6, 6.07) is 5.90. The number of H-pyrrole nitrogens is 1. The molecule has 2 heterocycles. The van der Waals surface area contributed by atoms with Gasteiger partial charge in [0.25, 0.3) is 0 Å². The molecule has 0 saturated carbocycles. The second-order valence-corrected chi connectivity index (χ2v) is 5.43. The Morgan fingerprint density at radius 1 is 1.26 bits per heavy atom. The summed E-state index contributed by atoms with van der Waals surface area (Å²) in [7, 11) is 1.50. The fourth-order valence-electron chi connectivity index (χ4n) is 2.52. The lowest BCUT2D eigenvalue weighted by molar-refractivity contribution is -0.119. The number of nitrogens with one attached hydrogen (secondary N) is 2. The van der Waals surface area contributed by atoms with Gasteiger partial charge in [0, 0.05) is 30.6 Å². The third-order valence-electron chi connectivity index (χ3n) is 3.65. The van der Waals surface area contributed by atoms with Crippen molar-refractivity contribution >= 4 is 22.5 Å². The molecule has 0 saturated heterocycles. The lowest BCUT2D eigenvalue weighted by atomic mass is 10.0. The maximum atomic E-state index is 11.7. The second-order valence-electron chi connectivity index (χ2n) is 5.43. The number of carbonyl (C=O) groups is 1. The van der Waals surface area contributed by atoms with Gasteiger partial charge in [0.15, 0.2) is 5.82 Å². The Bertz CT molecular complexity index is 857. The van der Waals surface area contributed by atoms with Gasteiger partial charge in [0.05, 0.1) is 5.52 Å². The highest BCUT2D eigenvalue weighted by atomic mass is 16.5. The topological polar surface area (TPSA) is 79.9 Å². The number of amides is 1. The molecule has 23 heavy (non-hydrogen) atoms. The smallest absolute Gasteiger partial charge is 0.250 e. The molecule has 1 amide bonds. The van der Waals surface area contributed by atoms with E-state index in [-0.39, 0.29) is 12.5 Å². The Labute approximate surface area is 133 Å². The van der Waals surface area contributed by atoms with Crippen LogP contribution in [0.3, 0.4) is 0 Å². The molecule has 0 radical (unpaired) electrons. The number of benzene rings is 1. The highest BCUT2D eigenvalue weighted by Crippen LogP contribution is 2.27. The predicted molar refractivity (Wildman–Crippen MR) is 89.3 cm³/mol. The maximum absolute atomic E-state index is 11.7. The van der Waals surface area contributed by atoms with E-state index < -0.39 is 0 Å². The monoisotopic (exact) mass is 310 g/mol. The minimum Gasteiger partial charge on any atom is -0.375 e. The Balaban J connectivity index is 2.05. The number of imidazole rings is 1. The minimum absolute atomic E-state index is 0.0339. The van der Waals surface area contributed by atoms with Gasteiger partial charge < -0.3 is 15.0 Å². The lowest BCUT2D eigenvalue weighted by Gasteiger charge is -2.12. The van der Waals surface area contributed by atoms with Crippen molar-refractivity contribution in [3.63, 3.8) is 0 Å². The first kappa shape index (κ1) is 15.2. The summed E-state index contributed by atoms with van der Waals surface area (Å²) < 4.78 is 4.85. The average molecular weight is 310 g/mol. The van der Waals surface area contributed by atoms with E-state index >= 15 is 0 Å². The van der Waals surface area contributed by atoms with Crippen molar-refractivity contribution in [3.05, 3.63) is 41.7 Å². The largest absolute Gasteiger partial charge is 0.375 e. The molecule has 0 aliphatic rings. The van der Waals surface area contributed by atoms with E-state index in [4.69, 9.17) is 4.74 Å². The van der Waals surface area contributed by atoms with Crippen LogP contribution in [0, 0.1) is 13.8 Å². The van der Waals surface area contributed by atoms with Crippen molar-refractivity contribution in [2.75, 3.05) is 19.0 Å². The Hall–Kier alpha value is -2.73. The quantitative estimate of drug-likeness (QED) is 0.776. The number of hydrogen-bond donors (Lipinski definition) is 2. The molecule has 118 valence electrons. The molecular formula is C17H18N4O2. The maximum Gasteiger partial charge on any atom is 0.250 e. The second kappa shape index (κ2) is 6.18. The summed E-state index contributed by atoms with van der Waals surface area (Å²) in [4.78, 5) is 23.7. The Morgan fingerprint density at radius 2 is 2.09 bits per heavy atom. The van der Waals surface area contributed by atoms with Gasteiger partial charge in [0.1, 0.15) is 12.3 Å². The zero-order valence-electron chi connectivity index (χ0n) is 13.3. The lowest BCUT2D eigenvalue weighted by Crippen LogP contribution is -2.17. The number of aromatic amines is 1. The molecule has 3 rings (SSSR count). The Kier molecular flexibility index (Phi) is 4.08. The van der Waals surface area contributed by atoms with E-state index in [1.165, 1.54) is 7.11 Å². The van der Waals surface area contributed by atoms with Gasteiger partial charge in [0.2, 0.25) is 5.91 Å². The number of rotatable bonds is 4. The number of nitrogens with zero attached hydrogens (tertiary/aromatic N) is 2. The van der Waals surface area contributed by atoms with Crippen LogP contribution in [0.4, 0.5) is 5.69 Å². The van der Waals surface area contributed by atoms with E-state index in [0.717, 1.165) is 39.2 Å². The molecule has 0 aliphatic carbocycles. The number of aryl methyl sites for hydroxylation is 2. The number of ether oxygens (including phenoxy) is 1. The van der Waals surface area contributed by atoms with Gasteiger partial charge in [-0.25, -0.2) is 9.97 Å². The molecule has 2 aromatic heterocycles. The van der Waals surface area contributed by atoms with Crippen molar-refractivity contribution < 1.29 is 9.53 Å².